The van der Waals surface area contributed by atoms with Crippen LogP contribution in [0.2, 0.25) is 0 Å². The number of amides is 1. The van der Waals surface area contributed by atoms with Gasteiger partial charge in [0.05, 0.1) is 6.54 Å². The van der Waals surface area contributed by atoms with Crippen molar-refractivity contribution in [2.45, 2.75) is 51.5 Å². The summed E-state index contributed by atoms with van der Waals surface area (Å²) >= 11 is 0. The van der Waals surface area contributed by atoms with E-state index in [-0.39, 0.29) is 5.91 Å². The van der Waals surface area contributed by atoms with E-state index in [9.17, 15) is 4.79 Å². The molecule has 4 heteroatoms. The van der Waals surface area contributed by atoms with Crippen molar-refractivity contribution in [3.8, 4) is 0 Å². The third kappa shape index (κ3) is 5.50. The van der Waals surface area contributed by atoms with Crippen LogP contribution >= 0.6 is 0 Å². The van der Waals surface area contributed by atoms with Gasteiger partial charge < -0.3 is 11.1 Å². The summed E-state index contributed by atoms with van der Waals surface area (Å²) in [5, 5.41) is 2.95. The zero-order chi connectivity index (χ0) is 12.5. The summed E-state index contributed by atoms with van der Waals surface area (Å²) in [5.74, 6) is 0.163. The molecule has 1 aliphatic carbocycles. The van der Waals surface area contributed by atoms with Crippen LogP contribution in [0.1, 0.15) is 45.4 Å². The molecule has 17 heavy (non-hydrogen) atoms. The molecule has 1 amide bonds. The lowest BCUT2D eigenvalue weighted by Crippen LogP contribution is -2.43. The number of carbonyl (C=O) groups is 1. The minimum atomic E-state index is 0.163. The molecule has 0 saturated heterocycles. The van der Waals surface area contributed by atoms with Crippen molar-refractivity contribution < 1.29 is 4.79 Å². The average Bonchev–Trinajstić information content (AvgIpc) is 2.85. The van der Waals surface area contributed by atoms with Gasteiger partial charge in [-0.15, -0.1) is 0 Å². The number of carbonyl (C=O) groups excluding carboxylic acids is 1. The van der Waals surface area contributed by atoms with E-state index >= 15 is 0 Å². The lowest BCUT2D eigenvalue weighted by Gasteiger charge is -2.28. The first-order valence-electron chi connectivity index (χ1n) is 6.98. The van der Waals surface area contributed by atoms with E-state index < -0.39 is 0 Å². The SMILES string of the molecule is CCCNC(=O)CN(CCCN)C1CCCC1. The molecule has 1 aliphatic rings. The van der Waals surface area contributed by atoms with Gasteiger partial charge in [0.15, 0.2) is 0 Å². The fourth-order valence-corrected chi connectivity index (χ4v) is 2.46. The maximum absolute atomic E-state index is 11.7. The highest BCUT2D eigenvalue weighted by atomic mass is 16.2. The first kappa shape index (κ1) is 14.5. The molecule has 0 aromatic rings. The lowest BCUT2D eigenvalue weighted by atomic mass is 10.2. The fraction of sp³-hybridized carbons (Fsp3) is 0.923. The van der Waals surface area contributed by atoms with Crippen LogP contribution in [0.3, 0.4) is 0 Å². The van der Waals surface area contributed by atoms with Crippen LogP contribution in [-0.4, -0.2) is 43.0 Å². The van der Waals surface area contributed by atoms with E-state index in [1.165, 1.54) is 25.7 Å². The molecule has 1 fully saturated rings. The van der Waals surface area contributed by atoms with Crippen molar-refractivity contribution in [2.75, 3.05) is 26.2 Å². The van der Waals surface area contributed by atoms with Crippen LogP contribution < -0.4 is 11.1 Å². The van der Waals surface area contributed by atoms with E-state index in [1.54, 1.807) is 0 Å². The second-order valence-corrected chi connectivity index (χ2v) is 4.90. The maximum atomic E-state index is 11.7. The summed E-state index contributed by atoms with van der Waals surface area (Å²) in [4.78, 5) is 14.1. The van der Waals surface area contributed by atoms with Crippen LogP contribution in [0.4, 0.5) is 0 Å². The summed E-state index contributed by atoms with van der Waals surface area (Å²) in [7, 11) is 0. The molecule has 0 radical (unpaired) electrons. The second kappa shape index (κ2) is 8.48. The molecule has 0 aliphatic heterocycles. The summed E-state index contributed by atoms with van der Waals surface area (Å²) in [5.41, 5.74) is 5.56. The zero-order valence-electron chi connectivity index (χ0n) is 11.1. The Kier molecular flexibility index (Phi) is 7.21. The monoisotopic (exact) mass is 241 g/mol. The van der Waals surface area contributed by atoms with Crippen LogP contribution in [0.15, 0.2) is 0 Å². The summed E-state index contributed by atoms with van der Waals surface area (Å²) in [6.45, 7) is 5.07. The van der Waals surface area contributed by atoms with Gasteiger partial charge in [0.25, 0.3) is 0 Å². The van der Waals surface area contributed by atoms with Gasteiger partial charge >= 0.3 is 0 Å². The van der Waals surface area contributed by atoms with Crippen molar-refractivity contribution >= 4 is 5.91 Å². The Labute approximate surface area is 105 Å². The van der Waals surface area contributed by atoms with Gasteiger partial charge in [-0.25, -0.2) is 0 Å². The molecule has 0 aromatic heterocycles. The van der Waals surface area contributed by atoms with Crippen molar-refractivity contribution in [1.82, 2.24) is 10.2 Å². The fourth-order valence-electron chi connectivity index (χ4n) is 2.46. The lowest BCUT2D eigenvalue weighted by molar-refractivity contribution is -0.122. The van der Waals surface area contributed by atoms with Crippen LogP contribution in [0.5, 0.6) is 0 Å². The first-order chi connectivity index (χ1) is 8.27. The molecule has 1 saturated carbocycles. The number of nitrogens with one attached hydrogen (secondary N) is 1. The highest BCUT2D eigenvalue weighted by Gasteiger charge is 2.23. The predicted octanol–water partition coefficient (Wildman–Crippen LogP) is 1.11. The molecular weight excluding hydrogens is 214 g/mol. The minimum Gasteiger partial charge on any atom is -0.355 e. The Morgan fingerprint density at radius 2 is 2.12 bits per heavy atom. The third-order valence-corrected chi connectivity index (χ3v) is 3.41. The summed E-state index contributed by atoms with van der Waals surface area (Å²) < 4.78 is 0. The van der Waals surface area contributed by atoms with E-state index in [2.05, 4.69) is 17.1 Å². The molecule has 0 aromatic carbocycles. The first-order valence-corrected chi connectivity index (χ1v) is 6.98. The highest BCUT2D eigenvalue weighted by Crippen LogP contribution is 2.23. The third-order valence-electron chi connectivity index (χ3n) is 3.41. The van der Waals surface area contributed by atoms with Gasteiger partial charge in [-0.05, 0) is 32.2 Å². The molecule has 0 unspecified atom stereocenters. The van der Waals surface area contributed by atoms with E-state index in [1.807, 2.05) is 0 Å². The molecule has 0 spiro atoms. The average molecular weight is 241 g/mol. The number of nitrogens with zero attached hydrogens (tertiary/aromatic N) is 1. The van der Waals surface area contributed by atoms with E-state index in [0.717, 1.165) is 25.9 Å². The van der Waals surface area contributed by atoms with Gasteiger partial charge in [0.1, 0.15) is 0 Å². The number of hydrogen-bond acceptors (Lipinski definition) is 3. The quantitative estimate of drug-likeness (QED) is 0.669. The molecule has 0 atom stereocenters. The Balaban J connectivity index is 2.36. The highest BCUT2D eigenvalue weighted by molar-refractivity contribution is 5.78. The van der Waals surface area contributed by atoms with Gasteiger partial charge in [0, 0.05) is 19.1 Å². The van der Waals surface area contributed by atoms with Crippen LogP contribution in [-0.2, 0) is 4.79 Å². The Hall–Kier alpha value is -0.610. The largest absolute Gasteiger partial charge is 0.355 e. The second-order valence-electron chi connectivity index (χ2n) is 4.90. The van der Waals surface area contributed by atoms with Crippen LogP contribution in [0.25, 0.3) is 0 Å². The van der Waals surface area contributed by atoms with Crippen LogP contribution in [0, 0.1) is 0 Å². The smallest absolute Gasteiger partial charge is 0.234 e. The normalized spacial score (nSPS) is 16.6. The standard InChI is InChI=1S/C13H27N3O/c1-2-9-15-13(17)11-16(10-5-8-14)12-6-3-4-7-12/h12H,2-11,14H2,1H3,(H,15,17). The predicted molar refractivity (Wildman–Crippen MR) is 70.8 cm³/mol. The minimum absolute atomic E-state index is 0.163. The molecule has 0 heterocycles. The van der Waals surface area contributed by atoms with Gasteiger partial charge in [-0.2, -0.15) is 0 Å². The summed E-state index contributed by atoms with van der Waals surface area (Å²) in [6, 6.07) is 0.605. The van der Waals surface area contributed by atoms with Gasteiger partial charge in [0.2, 0.25) is 5.91 Å². The van der Waals surface area contributed by atoms with E-state index in [0.29, 0.717) is 19.1 Å². The maximum Gasteiger partial charge on any atom is 0.234 e. The topological polar surface area (TPSA) is 58.4 Å². The van der Waals surface area contributed by atoms with Crippen molar-refractivity contribution in [2.24, 2.45) is 5.73 Å². The Morgan fingerprint density at radius 3 is 2.71 bits per heavy atom. The molecule has 4 nitrogen and oxygen atoms in total. The van der Waals surface area contributed by atoms with Crippen molar-refractivity contribution in [1.29, 1.82) is 0 Å². The molecule has 1 rings (SSSR count). The molecule has 100 valence electrons. The van der Waals surface area contributed by atoms with Gasteiger partial charge in [-0.1, -0.05) is 19.8 Å². The van der Waals surface area contributed by atoms with Crippen molar-refractivity contribution in [3.63, 3.8) is 0 Å². The molecular formula is C13H27N3O. The Morgan fingerprint density at radius 1 is 1.41 bits per heavy atom. The van der Waals surface area contributed by atoms with Gasteiger partial charge in [-0.3, -0.25) is 9.69 Å². The number of rotatable bonds is 8. The zero-order valence-corrected chi connectivity index (χ0v) is 11.1. The van der Waals surface area contributed by atoms with E-state index in [4.69, 9.17) is 5.73 Å². The molecule has 3 N–H and O–H groups in total. The molecule has 0 bridgehead atoms. The Bertz CT molecular complexity index is 215. The number of hydrogen-bond donors (Lipinski definition) is 2. The summed E-state index contributed by atoms with van der Waals surface area (Å²) in [6.07, 6.45) is 7.08. The number of nitrogens with two attached hydrogens (primary N) is 1. The van der Waals surface area contributed by atoms with Crippen molar-refractivity contribution in [3.05, 3.63) is 0 Å².